The van der Waals surface area contributed by atoms with E-state index in [9.17, 15) is 14.7 Å². The van der Waals surface area contributed by atoms with E-state index in [-0.39, 0.29) is 11.8 Å². The molecule has 1 unspecified atom stereocenters. The summed E-state index contributed by atoms with van der Waals surface area (Å²) >= 11 is 0. The van der Waals surface area contributed by atoms with Gasteiger partial charge in [-0.3, -0.25) is 9.59 Å². The van der Waals surface area contributed by atoms with Crippen LogP contribution in [0.2, 0.25) is 0 Å². The van der Waals surface area contributed by atoms with Crippen LogP contribution in [0, 0.1) is 0 Å². The SMILES string of the molecule is CC(=O)NCCNc1cc(N2CCN(C(=O)C(O)c3ccccc3)CC2)nc(-c2ccccc2)n1. The predicted molar refractivity (Wildman–Crippen MR) is 135 cm³/mol. The van der Waals surface area contributed by atoms with Gasteiger partial charge in [0.25, 0.3) is 5.91 Å². The number of amides is 2. The number of rotatable bonds is 8. The summed E-state index contributed by atoms with van der Waals surface area (Å²) in [6.45, 7) is 4.65. The molecule has 2 aromatic carbocycles. The summed E-state index contributed by atoms with van der Waals surface area (Å²) in [5.74, 6) is 1.66. The Morgan fingerprint density at radius 3 is 2.26 bits per heavy atom. The van der Waals surface area contributed by atoms with Crippen molar-refractivity contribution in [3.8, 4) is 11.4 Å². The predicted octanol–water partition coefficient (Wildman–Crippen LogP) is 2.07. The number of carbonyl (C=O) groups excluding carboxylic acids is 2. The molecule has 2 heterocycles. The van der Waals surface area contributed by atoms with Crippen molar-refractivity contribution in [2.75, 3.05) is 49.5 Å². The van der Waals surface area contributed by atoms with Gasteiger partial charge in [0.1, 0.15) is 11.6 Å². The second-order valence-electron chi connectivity index (χ2n) is 8.34. The molecule has 1 aliphatic heterocycles. The number of hydrogen-bond acceptors (Lipinski definition) is 7. The highest BCUT2D eigenvalue weighted by molar-refractivity contribution is 5.82. The second-order valence-corrected chi connectivity index (χ2v) is 8.34. The van der Waals surface area contributed by atoms with Crippen molar-refractivity contribution < 1.29 is 14.7 Å². The van der Waals surface area contributed by atoms with Gasteiger partial charge in [-0.25, -0.2) is 9.97 Å². The minimum absolute atomic E-state index is 0.0787. The minimum Gasteiger partial charge on any atom is -0.378 e. The summed E-state index contributed by atoms with van der Waals surface area (Å²) in [4.78, 5) is 37.2. The molecule has 1 saturated heterocycles. The van der Waals surface area contributed by atoms with Gasteiger partial charge in [-0.05, 0) is 5.56 Å². The molecule has 1 atom stereocenters. The molecule has 0 bridgehead atoms. The second kappa shape index (κ2) is 11.4. The molecule has 2 amide bonds. The van der Waals surface area contributed by atoms with Crippen molar-refractivity contribution >= 4 is 23.5 Å². The lowest BCUT2D eigenvalue weighted by molar-refractivity contribution is -0.140. The van der Waals surface area contributed by atoms with Gasteiger partial charge >= 0.3 is 0 Å². The van der Waals surface area contributed by atoms with E-state index < -0.39 is 6.10 Å². The quantitative estimate of drug-likeness (QED) is 0.429. The van der Waals surface area contributed by atoms with E-state index in [2.05, 4.69) is 20.5 Å². The van der Waals surface area contributed by atoms with E-state index in [0.29, 0.717) is 56.5 Å². The molecule has 0 radical (unpaired) electrons. The van der Waals surface area contributed by atoms with E-state index in [1.165, 1.54) is 6.92 Å². The molecule has 9 nitrogen and oxygen atoms in total. The van der Waals surface area contributed by atoms with Gasteiger partial charge in [0.15, 0.2) is 11.9 Å². The number of aliphatic hydroxyl groups is 1. The first-order chi connectivity index (χ1) is 17.0. The van der Waals surface area contributed by atoms with E-state index in [4.69, 9.17) is 4.98 Å². The van der Waals surface area contributed by atoms with Gasteiger partial charge in [-0.2, -0.15) is 0 Å². The largest absolute Gasteiger partial charge is 0.378 e. The van der Waals surface area contributed by atoms with Crippen LogP contribution in [0.4, 0.5) is 11.6 Å². The van der Waals surface area contributed by atoms with Crippen LogP contribution in [0.3, 0.4) is 0 Å². The Morgan fingerprint density at radius 2 is 1.60 bits per heavy atom. The van der Waals surface area contributed by atoms with E-state index in [1.54, 1.807) is 17.0 Å². The van der Waals surface area contributed by atoms with Crippen molar-refractivity contribution in [1.82, 2.24) is 20.2 Å². The highest BCUT2D eigenvalue weighted by Gasteiger charge is 2.28. The Hall–Kier alpha value is -3.98. The molecule has 3 aromatic rings. The van der Waals surface area contributed by atoms with E-state index in [0.717, 1.165) is 11.4 Å². The summed E-state index contributed by atoms with van der Waals surface area (Å²) < 4.78 is 0. The Morgan fingerprint density at radius 1 is 0.943 bits per heavy atom. The summed E-state index contributed by atoms with van der Waals surface area (Å²) in [5.41, 5.74) is 1.50. The zero-order valence-electron chi connectivity index (χ0n) is 19.7. The standard InChI is InChI=1S/C26H30N6O3/c1-19(33)27-12-13-28-22-18-23(30-25(29-22)21-10-6-3-7-11-21)31-14-16-32(17-15-31)26(35)24(34)20-8-4-2-5-9-20/h2-11,18,24,34H,12-17H2,1H3,(H,27,33)(H,28,29,30). The summed E-state index contributed by atoms with van der Waals surface area (Å²) in [7, 11) is 0. The molecule has 1 aromatic heterocycles. The molecular weight excluding hydrogens is 444 g/mol. The molecule has 9 heteroatoms. The number of piperazine rings is 1. The van der Waals surface area contributed by atoms with Gasteiger partial charge < -0.3 is 25.5 Å². The van der Waals surface area contributed by atoms with Crippen LogP contribution >= 0.6 is 0 Å². The molecule has 35 heavy (non-hydrogen) atoms. The summed E-state index contributed by atoms with van der Waals surface area (Å²) in [6.07, 6.45) is -1.16. The number of benzene rings is 2. The Bertz CT molecular complexity index is 1130. The van der Waals surface area contributed by atoms with E-state index in [1.807, 2.05) is 54.6 Å². The van der Waals surface area contributed by atoms with Gasteiger partial charge in [-0.15, -0.1) is 0 Å². The first kappa shape index (κ1) is 24.2. The molecule has 182 valence electrons. The topological polar surface area (TPSA) is 111 Å². The van der Waals surface area contributed by atoms with Crippen LogP contribution in [0.1, 0.15) is 18.6 Å². The van der Waals surface area contributed by atoms with Crippen LogP contribution in [0.15, 0.2) is 66.7 Å². The molecule has 3 N–H and O–H groups in total. The molecule has 1 aliphatic rings. The molecule has 0 spiro atoms. The van der Waals surface area contributed by atoms with Gasteiger partial charge in [0.05, 0.1) is 0 Å². The van der Waals surface area contributed by atoms with Gasteiger partial charge in [0.2, 0.25) is 5.91 Å². The zero-order chi connectivity index (χ0) is 24.6. The Kier molecular flexibility index (Phi) is 7.89. The highest BCUT2D eigenvalue weighted by Crippen LogP contribution is 2.24. The van der Waals surface area contributed by atoms with E-state index >= 15 is 0 Å². The smallest absolute Gasteiger partial charge is 0.256 e. The maximum absolute atomic E-state index is 12.8. The number of aliphatic hydroxyl groups excluding tert-OH is 1. The molecule has 4 rings (SSSR count). The number of carbonyl (C=O) groups is 2. The Labute approximate surface area is 204 Å². The zero-order valence-corrected chi connectivity index (χ0v) is 19.7. The first-order valence-electron chi connectivity index (χ1n) is 11.7. The van der Waals surface area contributed by atoms with Crippen molar-refractivity contribution in [3.05, 3.63) is 72.3 Å². The van der Waals surface area contributed by atoms with Crippen molar-refractivity contribution in [2.45, 2.75) is 13.0 Å². The minimum atomic E-state index is -1.16. The summed E-state index contributed by atoms with van der Waals surface area (Å²) in [5, 5.41) is 16.5. The molecule has 0 aliphatic carbocycles. The van der Waals surface area contributed by atoms with Crippen LogP contribution in [0.25, 0.3) is 11.4 Å². The molecule has 1 fully saturated rings. The van der Waals surface area contributed by atoms with Crippen molar-refractivity contribution in [1.29, 1.82) is 0 Å². The lowest BCUT2D eigenvalue weighted by Gasteiger charge is -2.36. The monoisotopic (exact) mass is 474 g/mol. The molecular formula is C26H30N6O3. The van der Waals surface area contributed by atoms with Crippen molar-refractivity contribution in [3.63, 3.8) is 0 Å². The van der Waals surface area contributed by atoms with Gasteiger partial charge in [-0.1, -0.05) is 60.7 Å². The summed E-state index contributed by atoms with van der Waals surface area (Å²) in [6, 6.07) is 20.6. The highest BCUT2D eigenvalue weighted by atomic mass is 16.3. The van der Waals surface area contributed by atoms with Gasteiger partial charge in [0, 0.05) is 57.8 Å². The normalized spacial score (nSPS) is 14.3. The number of anilines is 2. The van der Waals surface area contributed by atoms with Crippen LogP contribution in [0.5, 0.6) is 0 Å². The number of nitrogens with zero attached hydrogens (tertiary/aromatic N) is 4. The third-order valence-corrected chi connectivity index (χ3v) is 5.81. The third-order valence-electron chi connectivity index (χ3n) is 5.81. The van der Waals surface area contributed by atoms with Crippen LogP contribution in [-0.2, 0) is 9.59 Å². The average molecular weight is 475 g/mol. The van der Waals surface area contributed by atoms with Crippen LogP contribution in [-0.4, -0.2) is 71.1 Å². The third kappa shape index (κ3) is 6.33. The number of aromatic nitrogens is 2. The fourth-order valence-corrected chi connectivity index (χ4v) is 3.94. The lowest BCUT2D eigenvalue weighted by atomic mass is 10.1. The van der Waals surface area contributed by atoms with Crippen molar-refractivity contribution in [2.24, 2.45) is 0 Å². The maximum Gasteiger partial charge on any atom is 0.256 e. The number of hydrogen-bond donors (Lipinski definition) is 3. The Balaban J connectivity index is 1.46. The lowest BCUT2D eigenvalue weighted by Crippen LogP contribution is -2.50. The fourth-order valence-electron chi connectivity index (χ4n) is 3.94. The van der Waals surface area contributed by atoms with Crippen LogP contribution < -0.4 is 15.5 Å². The fraction of sp³-hybridized carbons (Fsp3) is 0.308. The average Bonchev–Trinajstić information content (AvgIpc) is 2.91. The maximum atomic E-state index is 12.8. The number of nitrogens with one attached hydrogen (secondary N) is 2. The molecule has 0 saturated carbocycles. The first-order valence-corrected chi connectivity index (χ1v) is 11.7.